The van der Waals surface area contributed by atoms with Crippen molar-refractivity contribution in [2.45, 2.75) is 71.1 Å². The van der Waals surface area contributed by atoms with E-state index in [0.717, 1.165) is 12.8 Å². The number of carbonyl (C=O) groups excluding carboxylic acids is 1. The Hall–Kier alpha value is -0.870. The van der Waals surface area contributed by atoms with Crippen LogP contribution < -0.4 is 5.32 Å². The zero-order chi connectivity index (χ0) is 15.2. The van der Waals surface area contributed by atoms with Gasteiger partial charge in [-0.1, -0.05) is 20.3 Å². The van der Waals surface area contributed by atoms with Crippen molar-refractivity contribution in [3.63, 3.8) is 0 Å². The third-order valence-electron chi connectivity index (χ3n) is 5.35. The first-order chi connectivity index (χ1) is 9.96. The smallest absolute Gasteiger partial charge is 0.244 e. The molecule has 0 aromatic carbocycles. The molecule has 4 atom stereocenters. The molecule has 2 heterocycles. The molecule has 21 heavy (non-hydrogen) atoms. The topological polar surface area (TPSA) is 32.3 Å². The lowest BCUT2D eigenvalue weighted by Gasteiger charge is -2.32. The summed E-state index contributed by atoms with van der Waals surface area (Å²) in [6.45, 7) is 8.58. The first-order valence-corrected chi connectivity index (χ1v) is 8.94. The highest BCUT2D eigenvalue weighted by molar-refractivity contribution is 7.12. The van der Waals surface area contributed by atoms with Crippen LogP contribution in [0.15, 0.2) is 12.1 Å². The molecule has 4 unspecified atom stereocenters. The van der Waals surface area contributed by atoms with E-state index in [0.29, 0.717) is 17.9 Å². The van der Waals surface area contributed by atoms with Crippen LogP contribution in [0.3, 0.4) is 0 Å². The summed E-state index contributed by atoms with van der Waals surface area (Å²) in [6, 6.07) is 4.73. The van der Waals surface area contributed by atoms with Gasteiger partial charge in [0.25, 0.3) is 0 Å². The molecule has 0 radical (unpaired) electrons. The van der Waals surface area contributed by atoms with E-state index in [4.69, 9.17) is 0 Å². The zero-order valence-corrected chi connectivity index (χ0v) is 14.3. The van der Waals surface area contributed by atoms with Gasteiger partial charge in [0.15, 0.2) is 0 Å². The minimum Gasteiger partial charge on any atom is -0.317 e. The number of carbonyl (C=O) groups is 1. The van der Waals surface area contributed by atoms with Crippen LogP contribution in [0, 0.1) is 12.8 Å². The van der Waals surface area contributed by atoms with E-state index < -0.39 is 5.54 Å². The van der Waals surface area contributed by atoms with Crippen molar-refractivity contribution >= 4 is 17.2 Å². The van der Waals surface area contributed by atoms with Crippen LogP contribution in [-0.2, 0) is 4.79 Å². The van der Waals surface area contributed by atoms with Crippen LogP contribution in [0.25, 0.3) is 0 Å². The highest BCUT2D eigenvalue weighted by Gasteiger charge is 2.51. The summed E-state index contributed by atoms with van der Waals surface area (Å²) in [6.07, 6.45) is 4.54. The molecule has 1 aromatic heterocycles. The normalized spacial score (nSPS) is 36.7. The Bertz CT molecular complexity index is 541. The van der Waals surface area contributed by atoms with Crippen LogP contribution in [0.4, 0.5) is 0 Å². The van der Waals surface area contributed by atoms with Crippen LogP contribution in [0.1, 0.15) is 62.4 Å². The van der Waals surface area contributed by atoms with Gasteiger partial charge in [0, 0.05) is 15.8 Å². The van der Waals surface area contributed by atoms with Crippen LogP contribution in [-0.4, -0.2) is 22.4 Å². The molecule has 2 aliphatic rings. The maximum absolute atomic E-state index is 13.0. The van der Waals surface area contributed by atoms with Gasteiger partial charge >= 0.3 is 0 Å². The van der Waals surface area contributed by atoms with Gasteiger partial charge < -0.3 is 4.90 Å². The fourth-order valence-corrected chi connectivity index (χ4v) is 4.71. The molecule has 4 heteroatoms. The van der Waals surface area contributed by atoms with Crippen LogP contribution in [0.2, 0.25) is 0 Å². The molecule has 116 valence electrons. The Morgan fingerprint density at radius 2 is 2.19 bits per heavy atom. The molecule has 1 saturated heterocycles. The van der Waals surface area contributed by atoms with Crippen molar-refractivity contribution in [2.75, 3.05) is 0 Å². The second-order valence-corrected chi connectivity index (χ2v) is 8.19. The van der Waals surface area contributed by atoms with Crippen molar-refractivity contribution in [1.82, 2.24) is 10.2 Å². The molecule has 0 spiro atoms. The average Bonchev–Trinajstić information content (AvgIpc) is 3.12. The highest BCUT2D eigenvalue weighted by atomic mass is 32.1. The second-order valence-electron chi connectivity index (χ2n) is 6.87. The fourth-order valence-electron chi connectivity index (χ4n) is 3.78. The van der Waals surface area contributed by atoms with Crippen LogP contribution in [0.5, 0.6) is 0 Å². The van der Waals surface area contributed by atoms with E-state index in [1.807, 2.05) is 0 Å². The van der Waals surface area contributed by atoms with Crippen molar-refractivity contribution in [2.24, 2.45) is 5.92 Å². The minimum absolute atomic E-state index is 0.0618. The monoisotopic (exact) mass is 306 g/mol. The van der Waals surface area contributed by atoms with Crippen LogP contribution >= 0.6 is 11.3 Å². The molecule has 1 aromatic rings. The van der Waals surface area contributed by atoms with E-state index in [9.17, 15) is 4.79 Å². The van der Waals surface area contributed by atoms with Crippen molar-refractivity contribution in [1.29, 1.82) is 0 Å². The van der Waals surface area contributed by atoms with Gasteiger partial charge in [-0.25, -0.2) is 0 Å². The van der Waals surface area contributed by atoms with E-state index in [2.05, 4.69) is 50.0 Å². The van der Waals surface area contributed by atoms with Gasteiger partial charge in [-0.2, -0.15) is 0 Å². The number of rotatable bonds is 3. The Morgan fingerprint density at radius 3 is 2.71 bits per heavy atom. The SMILES string of the molecule is CCC1(C)NC(c2ccc(C)s2)N(C2CCCC2C)C1=O. The quantitative estimate of drug-likeness (QED) is 0.920. The fraction of sp³-hybridized carbons (Fsp3) is 0.706. The van der Waals surface area contributed by atoms with Gasteiger partial charge in [0.05, 0.1) is 5.54 Å². The molecule has 2 fully saturated rings. The third-order valence-corrected chi connectivity index (χ3v) is 6.40. The van der Waals surface area contributed by atoms with E-state index in [-0.39, 0.29) is 6.17 Å². The third kappa shape index (κ3) is 2.42. The molecular weight excluding hydrogens is 280 g/mol. The molecule has 3 rings (SSSR count). The molecule has 0 bridgehead atoms. The maximum atomic E-state index is 13.0. The van der Waals surface area contributed by atoms with E-state index in [1.54, 1.807) is 11.3 Å². The van der Waals surface area contributed by atoms with Gasteiger partial charge in [-0.15, -0.1) is 11.3 Å². The first kappa shape index (κ1) is 15.0. The number of hydrogen-bond acceptors (Lipinski definition) is 3. The summed E-state index contributed by atoms with van der Waals surface area (Å²) < 4.78 is 0. The van der Waals surface area contributed by atoms with Gasteiger partial charge in [0.1, 0.15) is 6.17 Å². The first-order valence-electron chi connectivity index (χ1n) is 8.13. The largest absolute Gasteiger partial charge is 0.317 e. The highest BCUT2D eigenvalue weighted by Crippen LogP contribution is 2.42. The van der Waals surface area contributed by atoms with Gasteiger partial charge in [-0.3, -0.25) is 10.1 Å². The maximum Gasteiger partial charge on any atom is 0.244 e. The Morgan fingerprint density at radius 1 is 1.43 bits per heavy atom. The summed E-state index contributed by atoms with van der Waals surface area (Å²) in [7, 11) is 0. The predicted octanol–water partition coefficient (Wildman–Crippen LogP) is 3.84. The number of nitrogens with one attached hydrogen (secondary N) is 1. The molecular formula is C17H26N2OS. The lowest BCUT2D eigenvalue weighted by molar-refractivity contribution is -0.135. The molecule has 1 aliphatic heterocycles. The van der Waals surface area contributed by atoms with E-state index >= 15 is 0 Å². The molecule has 1 aliphatic carbocycles. The van der Waals surface area contributed by atoms with E-state index in [1.165, 1.54) is 22.6 Å². The number of hydrogen-bond donors (Lipinski definition) is 1. The molecule has 1 N–H and O–H groups in total. The van der Waals surface area contributed by atoms with Crippen molar-refractivity contribution in [3.05, 3.63) is 21.9 Å². The number of nitrogens with zero attached hydrogens (tertiary/aromatic N) is 1. The summed E-state index contributed by atoms with van der Waals surface area (Å²) in [5.74, 6) is 0.901. The van der Waals surface area contributed by atoms with Gasteiger partial charge in [0.2, 0.25) is 5.91 Å². The molecule has 3 nitrogen and oxygen atoms in total. The standard InChI is InChI=1S/C17H26N2OS/c1-5-17(4)16(20)19(13-8-6-7-11(13)2)15(18-17)14-10-9-12(3)21-14/h9-11,13,15,18H,5-8H2,1-4H3. The second kappa shape index (κ2) is 5.40. The summed E-state index contributed by atoms with van der Waals surface area (Å²) >= 11 is 1.81. The average molecular weight is 306 g/mol. The molecule has 1 saturated carbocycles. The Balaban J connectivity index is 1.97. The van der Waals surface area contributed by atoms with Crippen molar-refractivity contribution < 1.29 is 4.79 Å². The number of amides is 1. The minimum atomic E-state index is -0.412. The molecule has 1 amide bonds. The number of aryl methyl sites for hydroxylation is 1. The lowest BCUT2D eigenvalue weighted by atomic mass is 9.97. The summed E-state index contributed by atoms with van der Waals surface area (Å²) in [5, 5.41) is 3.63. The van der Waals surface area contributed by atoms with Crippen molar-refractivity contribution in [3.8, 4) is 0 Å². The summed E-state index contributed by atoms with van der Waals surface area (Å²) in [4.78, 5) is 17.8. The van der Waals surface area contributed by atoms with Gasteiger partial charge in [-0.05, 0) is 51.2 Å². The zero-order valence-electron chi connectivity index (χ0n) is 13.5. The Labute approximate surface area is 131 Å². The lowest BCUT2D eigenvalue weighted by Crippen LogP contribution is -2.45. The number of thiophene rings is 1. The Kier molecular flexibility index (Phi) is 3.87. The summed E-state index contributed by atoms with van der Waals surface area (Å²) in [5.41, 5.74) is -0.412. The predicted molar refractivity (Wildman–Crippen MR) is 87.3 cm³/mol.